The molecule has 1 unspecified atom stereocenters. The van der Waals surface area contributed by atoms with Gasteiger partial charge in [0.05, 0.1) is 0 Å². The molecule has 0 aliphatic carbocycles. The zero-order chi connectivity index (χ0) is 9.23. The van der Waals surface area contributed by atoms with E-state index in [-0.39, 0.29) is 6.61 Å². The molecule has 0 heterocycles. The van der Waals surface area contributed by atoms with E-state index < -0.39 is 0 Å². The summed E-state index contributed by atoms with van der Waals surface area (Å²) in [5.74, 6) is 6.56. The van der Waals surface area contributed by atoms with Gasteiger partial charge < -0.3 is 5.11 Å². The summed E-state index contributed by atoms with van der Waals surface area (Å²) in [5.41, 5.74) is 0. The van der Waals surface area contributed by atoms with Crippen molar-refractivity contribution < 1.29 is 5.11 Å². The van der Waals surface area contributed by atoms with Crippen LogP contribution in [0.3, 0.4) is 0 Å². The minimum atomic E-state index is 0.278. The highest BCUT2D eigenvalue weighted by Crippen LogP contribution is 2.01. The zero-order valence-electron chi connectivity index (χ0n) is 7.84. The largest absolute Gasteiger partial charge is 0.396 e. The normalized spacial score (nSPS) is 11.5. The Morgan fingerprint density at radius 2 is 2.25 bits per heavy atom. The monoisotopic (exact) mass is 166 g/mol. The van der Waals surface area contributed by atoms with Crippen molar-refractivity contribution in [3.8, 4) is 11.8 Å². The lowest BCUT2D eigenvalue weighted by atomic mass is 10.1. The summed E-state index contributed by atoms with van der Waals surface area (Å²) >= 11 is 0. The Balaban J connectivity index is 3.49. The molecular weight excluding hydrogens is 148 g/mol. The fourth-order valence-corrected chi connectivity index (χ4v) is 0.856. The molecule has 0 amide bonds. The van der Waals surface area contributed by atoms with Crippen LogP contribution in [0.4, 0.5) is 0 Å². The number of aliphatic hydroxyl groups excluding tert-OH is 1. The summed E-state index contributed by atoms with van der Waals surface area (Å²) in [7, 11) is 0. The third kappa shape index (κ3) is 6.00. The molecule has 1 N–H and O–H groups in total. The second kappa shape index (κ2) is 8.36. The number of unbranched alkanes of at least 4 members (excludes halogenated alkanes) is 2. The van der Waals surface area contributed by atoms with Crippen LogP contribution in [0.25, 0.3) is 0 Å². The van der Waals surface area contributed by atoms with Crippen LogP contribution < -0.4 is 0 Å². The Morgan fingerprint density at radius 3 is 2.75 bits per heavy atom. The first-order chi connectivity index (χ1) is 5.85. The Morgan fingerprint density at radius 1 is 1.50 bits per heavy atom. The van der Waals surface area contributed by atoms with Crippen molar-refractivity contribution in [3.63, 3.8) is 0 Å². The first kappa shape index (κ1) is 11.3. The molecule has 1 nitrogen and oxygen atoms in total. The number of hydrogen-bond donors (Lipinski definition) is 1. The number of allylic oxidation sites excluding steroid dienone is 1. The maximum absolute atomic E-state index is 8.50. The molecule has 0 aromatic carbocycles. The molecule has 1 atom stereocenters. The van der Waals surface area contributed by atoms with Crippen LogP contribution in [0.5, 0.6) is 0 Å². The third-order valence-electron chi connectivity index (χ3n) is 1.72. The van der Waals surface area contributed by atoms with Gasteiger partial charge in [-0.15, -0.1) is 12.5 Å². The summed E-state index contributed by atoms with van der Waals surface area (Å²) in [6.07, 6.45) is 5.68. The van der Waals surface area contributed by atoms with Gasteiger partial charge in [0.1, 0.15) is 0 Å². The number of hydrogen-bond acceptors (Lipinski definition) is 1. The molecule has 0 saturated heterocycles. The SMILES string of the molecule is C=CC(C#CCCCCO)CC. The van der Waals surface area contributed by atoms with E-state index in [4.69, 9.17) is 5.11 Å². The number of rotatable bonds is 5. The molecule has 1 heteroatoms. The van der Waals surface area contributed by atoms with Gasteiger partial charge in [-0.05, 0) is 19.3 Å². The van der Waals surface area contributed by atoms with Gasteiger partial charge in [-0.3, -0.25) is 0 Å². The molecule has 0 spiro atoms. The summed E-state index contributed by atoms with van der Waals surface area (Å²) < 4.78 is 0. The van der Waals surface area contributed by atoms with E-state index in [9.17, 15) is 0 Å². The molecule has 0 aliphatic heterocycles. The highest BCUT2D eigenvalue weighted by atomic mass is 16.2. The van der Waals surface area contributed by atoms with Crippen molar-refractivity contribution in [1.29, 1.82) is 0 Å². The van der Waals surface area contributed by atoms with E-state index in [1.54, 1.807) is 0 Å². The molecule has 0 aliphatic rings. The minimum absolute atomic E-state index is 0.278. The van der Waals surface area contributed by atoms with Gasteiger partial charge in [-0.1, -0.05) is 18.9 Å². The molecule has 0 rings (SSSR count). The summed E-state index contributed by atoms with van der Waals surface area (Å²) in [4.78, 5) is 0. The Hall–Kier alpha value is -0.740. The van der Waals surface area contributed by atoms with Crippen molar-refractivity contribution in [1.82, 2.24) is 0 Å². The highest BCUT2D eigenvalue weighted by molar-refractivity contribution is 5.08. The van der Waals surface area contributed by atoms with Crippen molar-refractivity contribution in [2.45, 2.75) is 32.6 Å². The molecule has 0 bridgehead atoms. The van der Waals surface area contributed by atoms with E-state index in [2.05, 4.69) is 25.3 Å². The van der Waals surface area contributed by atoms with E-state index in [1.165, 1.54) is 0 Å². The average molecular weight is 166 g/mol. The summed E-state index contributed by atoms with van der Waals surface area (Å²) in [6.45, 7) is 6.09. The predicted molar refractivity (Wildman–Crippen MR) is 52.7 cm³/mol. The third-order valence-corrected chi connectivity index (χ3v) is 1.72. The molecule has 0 fully saturated rings. The molecular formula is C11H18O. The molecule has 0 saturated carbocycles. The lowest BCUT2D eigenvalue weighted by Gasteiger charge is -1.96. The molecule has 0 aromatic rings. The zero-order valence-corrected chi connectivity index (χ0v) is 7.84. The van der Waals surface area contributed by atoms with Gasteiger partial charge >= 0.3 is 0 Å². The maximum Gasteiger partial charge on any atom is 0.0431 e. The summed E-state index contributed by atoms with van der Waals surface area (Å²) in [5, 5.41) is 8.50. The Bertz CT molecular complexity index is 162. The van der Waals surface area contributed by atoms with Gasteiger partial charge in [-0.25, -0.2) is 0 Å². The molecule has 0 aromatic heterocycles. The van der Waals surface area contributed by atoms with Crippen LogP contribution >= 0.6 is 0 Å². The Labute approximate surface area is 75.5 Å². The minimum Gasteiger partial charge on any atom is -0.396 e. The van der Waals surface area contributed by atoms with Gasteiger partial charge in [0, 0.05) is 18.9 Å². The van der Waals surface area contributed by atoms with Crippen LogP contribution in [0.1, 0.15) is 32.6 Å². The van der Waals surface area contributed by atoms with Gasteiger partial charge in [0.15, 0.2) is 0 Å². The standard InChI is InChI=1S/C11H18O/c1-3-11(4-2)9-7-5-6-8-10-12/h3,11-12H,1,4-6,8,10H2,2H3. The lowest BCUT2D eigenvalue weighted by Crippen LogP contribution is -1.87. The van der Waals surface area contributed by atoms with Crippen molar-refractivity contribution >= 4 is 0 Å². The fraction of sp³-hybridized carbons (Fsp3) is 0.636. The van der Waals surface area contributed by atoms with E-state index in [0.717, 1.165) is 25.7 Å². The lowest BCUT2D eigenvalue weighted by molar-refractivity contribution is 0.285. The molecule has 0 radical (unpaired) electrons. The fourth-order valence-electron chi connectivity index (χ4n) is 0.856. The smallest absolute Gasteiger partial charge is 0.0431 e. The molecule has 68 valence electrons. The van der Waals surface area contributed by atoms with Crippen LogP contribution in [0.15, 0.2) is 12.7 Å². The molecule has 12 heavy (non-hydrogen) atoms. The first-order valence-corrected chi connectivity index (χ1v) is 4.57. The Kier molecular flexibility index (Phi) is 7.84. The number of aliphatic hydroxyl groups is 1. The average Bonchev–Trinajstić information content (AvgIpc) is 2.11. The van der Waals surface area contributed by atoms with Gasteiger partial charge in [0.2, 0.25) is 0 Å². The van der Waals surface area contributed by atoms with Crippen LogP contribution in [0.2, 0.25) is 0 Å². The van der Waals surface area contributed by atoms with E-state index >= 15 is 0 Å². The van der Waals surface area contributed by atoms with E-state index in [1.807, 2.05) is 6.08 Å². The quantitative estimate of drug-likeness (QED) is 0.377. The van der Waals surface area contributed by atoms with Crippen molar-refractivity contribution in [2.24, 2.45) is 5.92 Å². The summed E-state index contributed by atoms with van der Waals surface area (Å²) in [6, 6.07) is 0. The van der Waals surface area contributed by atoms with Crippen molar-refractivity contribution in [3.05, 3.63) is 12.7 Å². The van der Waals surface area contributed by atoms with E-state index in [0.29, 0.717) is 5.92 Å². The van der Waals surface area contributed by atoms with Gasteiger partial charge in [-0.2, -0.15) is 0 Å². The topological polar surface area (TPSA) is 20.2 Å². The van der Waals surface area contributed by atoms with Gasteiger partial charge in [0.25, 0.3) is 0 Å². The predicted octanol–water partition coefficient (Wildman–Crippen LogP) is 2.36. The van der Waals surface area contributed by atoms with Crippen LogP contribution in [-0.2, 0) is 0 Å². The maximum atomic E-state index is 8.50. The van der Waals surface area contributed by atoms with Crippen molar-refractivity contribution in [2.75, 3.05) is 6.61 Å². The first-order valence-electron chi connectivity index (χ1n) is 4.57. The second-order valence-corrected chi connectivity index (χ2v) is 2.75. The second-order valence-electron chi connectivity index (χ2n) is 2.75. The van der Waals surface area contributed by atoms with Crippen LogP contribution in [0, 0.1) is 17.8 Å². The highest BCUT2D eigenvalue weighted by Gasteiger charge is 1.91. The van der Waals surface area contributed by atoms with Crippen LogP contribution in [-0.4, -0.2) is 11.7 Å².